The smallest absolute Gasteiger partial charge is 0.235 e. The summed E-state index contributed by atoms with van der Waals surface area (Å²) in [5.74, 6) is 1.90. The fraction of sp³-hybridized carbons (Fsp3) is 0.500. The van der Waals surface area contributed by atoms with Crippen LogP contribution in [0, 0.1) is 0 Å². The van der Waals surface area contributed by atoms with Crippen molar-refractivity contribution in [2.24, 2.45) is 0 Å². The number of halogens is 1. The molecule has 1 N–H and O–H groups in total. The third-order valence-electron chi connectivity index (χ3n) is 3.63. The summed E-state index contributed by atoms with van der Waals surface area (Å²) in [5.41, 5.74) is 0.798. The second kappa shape index (κ2) is 7.66. The first kappa shape index (κ1) is 16.1. The van der Waals surface area contributed by atoms with Crippen LogP contribution in [0.4, 0.5) is 5.69 Å². The summed E-state index contributed by atoms with van der Waals surface area (Å²) < 4.78 is 16.9. The van der Waals surface area contributed by atoms with Gasteiger partial charge < -0.3 is 19.2 Å². The molecule has 6 nitrogen and oxygen atoms in total. The quantitative estimate of drug-likeness (QED) is 0.834. The van der Waals surface area contributed by atoms with Crippen LogP contribution < -0.4 is 10.1 Å². The van der Waals surface area contributed by atoms with Crippen LogP contribution in [0.25, 0.3) is 0 Å². The number of ether oxygens (including phenoxy) is 2. The first-order valence-electron chi connectivity index (χ1n) is 7.83. The van der Waals surface area contributed by atoms with Gasteiger partial charge in [0.1, 0.15) is 12.4 Å². The molecule has 2 heterocycles. The lowest BCUT2D eigenvalue weighted by molar-refractivity contribution is 0.0682. The maximum atomic E-state index is 6.08. The third-order valence-corrected chi connectivity index (χ3v) is 3.87. The second-order valence-corrected chi connectivity index (χ2v) is 5.82. The number of benzene rings is 1. The lowest BCUT2D eigenvalue weighted by Gasteiger charge is -2.15. The van der Waals surface area contributed by atoms with Crippen molar-refractivity contribution in [2.75, 3.05) is 18.5 Å². The van der Waals surface area contributed by atoms with Crippen molar-refractivity contribution in [3.05, 3.63) is 35.0 Å². The summed E-state index contributed by atoms with van der Waals surface area (Å²) >= 11 is 6.08. The Hall–Kier alpha value is -1.79. The van der Waals surface area contributed by atoms with E-state index in [-0.39, 0.29) is 6.10 Å². The molecule has 1 fully saturated rings. The van der Waals surface area contributed by atoms with Crippen LogP contribution in [0.15, 0.2) is 22.6 Å². The highest BCUT2D eigenvalue weighted by Crippen LogP contribution is 2.29. The highest BCUT2D eigenvalue weighted by molar-refractivity contribution is 6.30. The highest BCUT2D eigenvalue weighted by atomic mass is 35.5. The molecule has 0 amide bonds. The molecule has 0 spiro atoms. The van der Waals surface area contributed by atoms with E-state index in [9.17, 15) is 0 Å². The standard InChI is InChI=1S/C16H20ClN3O3/c1-2-15-19-20-16(23-15)9-18-13-8-11(17)5-6-14(13)22-10-12-4-3-7-21-12/h5-6,8,12,18H,2-4,7,9-10H2,1H3. The van der Waals surface area contributed by atoms with Gasteiger partial charge in [-0.05, 0) is 31.0 Å². The van der Waals surface area contributed by atoms with Gasteiger partial charge >= 0.3 is 0 Å². The third kappa shape index (κ3) is 4.36. The molecule has 1 saturated heterocycles. The summed E-state index contributed by atoms with van der Waals surface area (Å²) in [7, 11) is 0. The topological polar surface area (TPSA) is 69.4 Å². The number of nitrogens with one attached hydrogen (secondary N) is 1. The van der Waals surface area contributed by atoms with Gasteiger partial charge in [0.15, 0.2) is 0 Å². The first-order chi connectivity index (χ1) is 11.2. The Kier molecular flexibility index (Phi) is 5.35. The molecule has 3 rings (SSSR count). The van der Waals surface area contributed by atoms with Gasteiger partial charge in [-0.2, -0.15) is 0 Å². The zero-order valence-corrected chi connectivity index (χ0v) is 13.8. The van der Waals surface area contributed by atoms with Crippen molar-refractivity contribution in [1.29, 1.82) is 0 Å². The molecule has 0 saturated carbocycles. The van der Waals surface area contributed by atoms with Crippen molar-refractivity contribution < 1.29 is 13.9 Å². The molecule has 1 unspecified atom stereocenters. The lowest BCUT2D eigenvalue weighted by Crippen LogP contribution is -2.17. The molecule has 124 valence electrons. The van der Waals surface area contributed by atoms with Gasteiger partial charge in [-0.3, -0.25) is 0 Å². The summed E-state index contributed by atoms with van der Waals surface area (Å²) in [6.07, 6.45) is 3.02. The molecule has 0 radical (unpaired) electrons. The minimum absolute atomic E-state index is 0.168. The number of anilines is 1. The van der Waals surface area contributed by atoms with E-state index in [1.807, 2.05) is 19.1 Å². The molecule has 0 aliphatic carbocycles. The summed E-state index contributed by atoms with van der Waals surface area (Å²) in [6.45, 7) is 3.75. The second-order valence-electron chi connectivity index (χ2n) is 5.38. The normalized spacial score (nSPS) is 17.4. The predicted molar refractivity (Wildman–Crippen MR) is 86.9 cm³/mol. The predicted octanol–water partition coefficient (Wildman–Crippen LogP) is 3.46. The van der Waals surface area contributed by atoms with E-state index in [1.54, 1.807) is 6.07 Å². The van der Waals surface area contributed by atoms with Gasteiger partial charge in [-0.25, -0.2) is 0 Å². The van der Waals surface area contributed by atoms with Crippen molar-refractivity contribution in [3.8, 4) is 5.75 Å². The molecular weight excluding hydrogens is 318 g/mol. The fourth-order valence-electron chi connectivity index (χ4n) is 2.40. The molecule has 1 aromatic heterocycles. The Morgan fingerprint density at radius 3 is 2.96 bits per heavy atom. The zero-order chi connectivity index (χ0) is 16.1. The molecule has 7 heteroatoms. The summed E-state index contributed by atoms with van der Waals surface area (Å²) in [4.78, 5) is 0. The Morgan fingerprint density at radius 2 is 2.22 bits per heavy atom. The van der Waals surface area contributed by atoms with Gasteiger partial charge in [0.05, 0.1) is 18.3 Å². The van der Waals surface area contributed by atoms with E-state index in [1.165, 1.54) is 0 Å². The number of hydrogen-bond donors (Lipinski definition) is 1. The van der Waals surface area contributed by atoms with Crippen LogP contribution >= 0.6 is 11.6 Å². The van der Waals surface area contributed by atoms with Crippen LogP contribution in [0.3, 0.4) is 0 Å². The molecule has 0 bridgehead atoms. The van der Waals surface area contributed by atoms with E-state index in [0.717, 1.165) is 37.3 Å². The van der Waals surface area contributed by atoms with E-state index >= 15 is 0 Å². The van der Waals surface area contributed by atoms with Crippen molar-refractivity contribution in [3.63, 3.8) is 0 Å². The van der Waals surface area contributed by atoms with Crippen LogP contribution in [0.5, 0.6) is 5.75 Å². The summed E-state index contributed by atoms with van der Waals surface area (Å²) in [6, 6.07) is 5.48. The van der Waals surface area contributed by atoms with E-state index in [0.29, 0.717) is 30.0 Å². The van der Waals surface area contributed by atoms with Gasteiger partial charge in [0.25, 0.3) is 0 Å². The Bertz CT molecular complexity index is 641. The average Bonchev–Trinajstić information content (AvgIpc) is 3.23. The molecule has 1 aliphatic rings. The van der Waals surface area contributed by atoms with E-state index < -0.39 is 0 Å². The van der Waals surface area contributed by atoms with Crippen molar-refractivity contribution in [2.45, 2.75) is 38.8 Å². The Morgan fingerprint density at radius 1 is 1.35 bits per heavy atom. The monoisotopic (exact) mass is 337 g/mol. The summed E-state index contributed by atoms with van der Waals surface area (Å²) in [5, 5.41) is 11.8. The fourth-order valence-corrected chi connectivity index (χ4v) is 2.57. The Labute approximate surface area is 140 Å². The van der Waals surface area contributed by atoms with E-state index in [4.69, 9.17) is 25.5 Å². The van der Waals surface area contributed by atoms with Crippen molar-refractivity contribution >= 4 is 17.3 Å². The van der Waals surface area contributed by atoms with Crippen LogP contribution in [0.1, 0.15) is 31.5 Å². The van der Waals surface area contributed by atoms with Crippen LogP contribution in [-0.4, -0.2) is 29.5 Å². The lowest BCUT2D eigenvalue weighted by atomic mass is 10.2. The van der Waals surface area contributed by atoms with Crippen molar-refractivity contribution in [1.82, 2.24) is 10.2 Å². The number of hydrogen-bond acceptors (Lipinski definition) is 6. The molecular formula is C16H20ClN3O3. The van der Waals surface area contributed by atoms with Crippen LogP contribution in [-0.2, 0) is 17.7 Å². The minimum Gasteiger partial charge on any atom is -0.489 e. The van der Waals surface area contributed by atoms with Crippen LogP contribution in [0.2, 0.25) is 5.02 Å². The zero-order valence-electron chi connectivity index (χ0n) is 13.0. The number of nitrogens with zero attached hydrogens (tertiary/aromatic N) is 2. The maximum absolute atomic E-state index is 6.08. The highest BCUT2D eigenvalue weighted by Gasteiger charge is 2.17. The molecule has 1 atom stereocenters. The number of aromatic nitrogens is 2. The SMILES string of the molecule is CCc1nnc(CNc2cc(Cl)ccc2OCC2CCCO2)o1. The first-order valence-corrected chi connectivity index (χ1v) is 8.21. The van der Waals surface area contributed by atoms with E-state index in [2.05, 4.69) is 15.5 Å². The number of aryl methyl sites for hydroxylation is 1. The van der Waals surface area contributed by atoms with Gasteiger partial charge in [-0.1, -0.05) is 18.5 Å². The minimum atomic E-state index is 0.168. The Balaban J connectivity index is 1.63. The number of rotatable bonds is 7. The maximum Gasteiger partial charge on any atom is 0.235 e. The molecule has 23 heavy (non-hydrogen) atoms. The van der Waals surface area contributed by atoms with Gasteiger partial charge in [0, 0.05) is 18.1 Å². The molecule has 2 aromatic rings. The molecule has 1 aliphatic heterocycles. The largest absolute Gasteiger partial charge is 0.489 e. The average molecular weight is 338 g/mol. The van der Waals surface area contributed by atoms with Gasteiger partial charge in [0.2, 0.25) is 11.8 Å². The van der Waals surface area contributed by atoms with Gasteiger partial charge in [-0.15, -0.1) is 10.2 Å². The molecule has 1 aromatic carbocycles.